The molecule has 0 saturated carbocycles. The van der Waals surface area contributed by atoms with Gasteiger partial charge in [-0.25, -0.2) is 0 Å². The molecular formula is C24H50NNaO2. The molecular weight excluding hydrogens is 357 g/mol. The van der Waals surface area contributed by atoms with E-state index < -0.39 is 12.0 Å². The summed E-state index contributed by atoms with van der Waals surface area (Å²) in [5.41, 5.74) is 5.22. The van der Waals surface area contributed by atoms with Crippen molar-refractivity contribution in [1.29, 1.82) is 0 Å². The van der Waals surface area contributed by atoms with Gasteiger partial charge >= 0.3 is 35.5 Å². The van der Waals surface area contributed by atoms with Crippen molar-refractivity contribution in [3.05, 3.63) is 6.92 Å². The first-order valence-corrected chi connectivity index (χ1v) is 11.7. The van der Waals surface area contributed by atoms with Crippen LogP contribution in [0, 0.1) is 12.8 Å². The Kier molecular flexibility index (Phi) is 32.4. The summed E-state index contributed by atoms with van der Waals surface area (Å²) in [4.78, 5) is 10.1. The summed E-state index contributed by atoms with van der Waals surface area (Å²) in [5.74, 6) is -0.556. The van der Waals surface area contributed by atoms with E-state index in [0.717, 1.165) is 6.42 Å². The molecule has 164 valence electrons. The third-order valence-corrected chi connectivity index (χ3v) is 4.90. The van der Waals surface area contributed by atoms with E-state index in [1.165, 1.54) is 96.3 Å². The zero-order valence-electron chi connectivity index (χ0n) is 19.8. The predicted octanol–water partition coefficient (Wildman–Crippen LogP) is 4.53. The van der Waals surface area contributed by atoms with Crippen molar-refractivity contribution in [1.82, 2.24) is 0 Å². The average Bonchev–Trinajstić information content (AvgIpc) is 2.62. The van der Waals surface area contributed by atoms with Crippen LogP contribution in [0.25, 0.3) is 0 Å². The van der Waals surface area contributed by atoms with Gasteiger partial charge in [-0.05, 0) is 12.3 Å². The van der Waals surface area contributed by atoms with Crippen molar-refractivity contribution >= 4 is 5.97 Å². The Balaban J connectivity index is -0.000000530. The minimum absolute atomic E-state index is 0. The molecule has 0 aromatic heterocycles. The van der Waals surface area contributed by atoms with Gasteiger partial charge in [0.2, 0.25) is 0 Å². The first kappa shape index (κ1) is 33.1. The topological polar surface area (TPSA) is 63.3 Å². The molecule has 1 unspecified atom stereocenters. The molecule has 0 saturated heterocycles. The van der Waals surface area contributed by atoms with Gasteiger partial charge < -0.3 is 17.8 Å². The monoisotopic (exact) mass is 407 g/mol. The van der Waals surface area contributed by atoms with Crippen LogP contribution < -0.4 is 35.3 Å². The molecule has 0 fully saturated rings. The fraction of sp³-hybridized carbons (Fsp3) is 0.917. The molecule has 0 bridgehead atoms. The van der Waals surface area contributed by atoms with E-state index in [-0.39, 0.29) is 29.6 Å². The van der Waals surface area contributed by atoms with E-state index in [4.69, 9.17) is 10.8 Å². The van der Waals surface area contributed by atoms with Gasteiger partial charge in [0, 0.05) is 0 Å². The van der Waals surface area contributed by atoms with Gasteiger partial charge in [0.25, 0.3) is 0 Å². The van der Waals surface area contributed by atoms with Crippen molar-refractivity contribution in [2.24, 2.45) is 11.7 Å². The summed E-state index contributed by atoms with van der Waals surface area (Å²) >= 11 is 0. The van der Waals surface area contributed by atoms with Crippen molar-refractivity contribution in [3.63, 3.8) is 0 Å². The SMILES string of the molecule is CC(C)CC(N)C(=O)O.[CH2-]CCCCCCCCCCCCCCCCC.[Na+]. The number of hydrogen-bond donors (Lipinski definition) is 2. The van der Waals surface area contributed by atoms with E-state index in [1.807, 2.05) is 13.8 Å². The Morgan fingerprint density at radius 2 is 1.11 bits per heavy atom. The Hall–Kier alpha value is 0.430. The Bertz CT molecular complexity index is 282. The van der Waals surface area contributed by atoms with E-state index in [2.05, 4.69) is 13.8 Å². The van der Waals surface area contributed by atoms with Gasteiger partial charge in [0.05, 0.1) is 0 Å². The van der Waals surface area contributed by atoms with Crippen LogP contribution in [0.2, 0.25) is 0 Å². The minimum atomic E-state index is -0.913. The fourth-order valence-corrected chi connectivity index (χ4v) is 3.16. The predicted molar refractivity (Wildman–Crippen MR) is 120 cm³/mol. The number of rotatable bonds is 18. The van der Waals surface area contributed by atoms with Gasteiger partial charge in [-0.1, -0.05) is 117 Å². The van der Waals surface area contributed by atoms with E-state index in [1.54, 1.807) is 0 Å². The molecule has 0 aliphatic rings. The van der Waals surface area contributed by atoms with Crippen molar-refractivity contribution < 1.29 is 39.5 Å². The van der Waals surface area contributed by atoms with Crippen LogP contribution in [0.3, 0.4) is 0 Å². The van der Waals surface area contributed by atoms with Crippen LogP contribution in [0.1, 0.15) is 130 Å². The van der Waals surface area contributed by atoms with Crippen molar-refractivity contribution in [2.45, 2.75) is 136 Å². The third-order valence-electron chi connectivity index (χ3n) is 4.90. The number of nitrogens with two attached hydrogens (primary N) is 1. The van der Waals surface area contributed by atoms with Crippen molar-refractivity contribution in [2.75, 3.05) is 0 Å². The van der Waals surface area contributed by atoms with Crippen LogP contribution in [-0.4, -0.2) is 17.1 Å². The summed E-state index contributed by atoms with van der Waals surface area (Å²) in [6.45, 7) is 10.1. The molecule has 0 radical (unpaired) electrons. The molecule has 0 aliphatic carbocycles. The van der Waals surface area contributed by atoms with Gasteiger partial charge in [0.15, 0.2) is 0 Å². The van der Waals surface area contributed by atoms with Gasteiger partial charge in [-0.2, -0.15) is 6.42 Å². The molecule has 0 amide bonds. The minimum Gasteiger partial charge on any atom is -0.480 e. The summed E-state index contributed by atoms with van der Waals surface area (Å²) in [6.07, 6.45) is 23.4. The van der Waals surface area contributed by atoms with E-state index >= 15 is 0 Å². The van der Waals surface area contributed by atoms with Gasteiger partial charge in [-0.3, -0.25) is 4.79 Å². The second-order valence-corrected chi connectivity index (χ2v) is 8.38. The zero-order chi connectivity index (χ0) is 20.8. The largest absolute Gasteiger partial charge is 1.00 e. The molecule has 0 rings (SSSR count). The summed E-state index contributed by atoms with van der Waals surface area (Å²) in [5, 5.41) is 8.31. The maximum Gasteiger partial charge on any atom is 1.00 e. The number of carboxylic acid groups (broad SMARTS) is 1. The van der Waals surface area contributed by atoms with Crippen LogP contribution in [0.5, 0.6) is 0 Å². The molecule has 4 heteroatoms. The Morgan fingerprint density at radius 3 is 1.32 bits per heavy atom. The molecule has 0 aromatic carbocycles. The van der Waals surface area contributed by atoms with Crippen LogP contribution >= 0.6 is 0 Å². The Labute approximate surface area is 199 Å². The second-order valence-electron chi connectivity index (χ2n) is 8.38. The van der Waals surface area contributed by atoms with Crippen LogP contribution in [-0.2, 0) is 4.79 Å². The number of hydrogen-bond acceptors (Lipinski definition) is 2. The molecule has 0 spiro atoms. The molecule has 3 N–H and O–H groups in total. The number of unbranched alkanes of at least 4 members (excludes halogenated alkanes) is 15. The zero-order valence-corrected chi connectivity index (χ0v) is 21.8. The van der Waals surface area contributed by atoms with Crippen LogP contribution in [0.15, 0.2) is 0 Å². The Morgan fingerprint density at radius 1 is 0.786 bits per heavy atom. The summed E-state index contributed by atoms with van der Waals surface area (Å²) < 4.78 is 0. The number of aliphatic carboxylic acids is 1. The standard InChI is InChI=1S/C18H37.C6H13NO2.Na/c1-3-5-7-9-11-13-15-17-18-16-14-12-10-8-6-4-2;1-4(2)3-5(7)6(8)9;/h1,3-18H2,2H3;4-5H,3,7H2,1-2H3,(H,8,9);/q-1;;+1. The smallest absolute Gasteiger partial charge is 0.480 e. The van der Waals surface area contributed by atoms with Gasteiger partial charge in [-0.15, -0.1) is 0 Å². The first-order valence-electron chi connectivity index (χ1n) is 11.7. The molecule has 0 heterocycles. The second kappa shape index (κ2) is 27.4. The molecule has 0 aromatic rings. The number of carboxylic acids is 1. The average molecular weight is 408 g/mol. The quantitative estimate of drug-likeness (QED) is 0.199. The first-order chi connectivity index (χ1) is 13.0. The third kappa shape index (κ3) is 31.1. The summed E-state index contributed by atoms with van der Waals surface area (Å²) in [7, 11) is 0. The molecule has 28 heavy (non-hydrogen) atoms. The molecule has 3 nitrogen and oxygen atoms in total. The molecule has 0 aliphatic heterocycles. The molecule has 1 atom stereocenters. The van der Waals surface area contributed by atoms with Crippen molar-refractivity contribution in [3.8, 4) is 0 Å². The van der Waals surface area contributed by atoms with Crippen LogP contribution in [0.4, 0.5) is 0 Å². The van der Waals surface area contributed by atoms with E-state index in [0.29, 0.717) is 12.3 Å². The van der Waals surface area contributed by atoms with Gasteiger partial charge in [0.1, 0.15) is 6.04 Å². The maximum absolute atomic E-state index is 10.1. The number of carbonyl (C=O) groups is 1. The summed E-state index contributed by atoms with van der Waals surface area (Å²) in [6, 6.07) is -0.690. The van der Waals surface area contributed by atoms with E-state index in [9.17, 15) is 4.79 Å². The maximum atomic E-state index is 10.1. The fourth-order valence-electron chi connectivity index (χ4n) is 3.16. The normalized spacial score (nSPS) is 11.5.